The van der Waals surface area contributed by atoms with Crippen LogP contribution in [0.1, 0.15) is 55.9 Å². The standard InChI is InChI=1S/C21H27FN2O4/c1-5-9-23(10-6-2)18-16(22)11-14-17(20(18)27-3)24(13-7-8-13)12-15(19(14)25)21(26)28-4/h11-13H,5-10H2,1-4H3. The largest absolute Gasteiger partial charge is 0.492 e. The Kier molecular flexibility index (Phi) is 5.91. The molecule has 1 aliphatic rings. The van der Waals surface area contributed by atoms with Crippen LogP contribution in [-0.2, 0) is 4.74 Å². The van der Waals surface area contributed by atoms with E-state index < -0.39 is 17.2 Å². The number of rotatable bonds is 8. The van der Waals surface area contributed by atoms with Crippen molar-refractivity contribution in [1.82, 2.24) is 4.57 Å². The van der Waals surface area contributed by atoms with Crippen molar-refractivity contribution in [3.63, 3.8) is 0 Å². The van der Waals surface area contributed by atoms with E-state index in [9.17, 15) is 9.59 Å². The van der Waals surface area contributed by atoms with Gasteiger partial charge in [-0.25, -0.2) is 9.18 Å². The van der Waals surface area contributed by atoms with Crippen molar-refractivity contribution >= 4 is 22.6 Å². The highest BCUT2D eigenvalue weighted by atomic mass is 19.1. The molecule has 3 rings (SSSR count). The van der Waals surface area contributed by atoms with Gasteiger partial charge >= 0.3 is 5.97 Å². The lowest BCUT2D eigenvalue weighted by atomic mass is 10.1. The smallest absolute Gasteiger partial charge is 0.343 e. The summed E-state index contributed by atoms with van der Waals surface area (Å²) in [5.41, 5.74) is 0.282. The van der Waals surface area contributed by atoms with Gasteiger partial charge in [-0.05, 0) is 31.7 Å². The lowest BCUT2D eigenvalue weighted by molar-refractivity contribution is 0.0598. The fourth-order valence-electron chi connectivity index (χ4n) is 3.70. The third kappa shape index (κ3) is 3.45. The van der Waals surface area contributed by atoms with E-state index in [1.54, 1.807) is 0 Å². The molecule has 0 spiro atoms. The zero-order chi connectivity index (χ0) is 20.4. The molecule has 2 aromatic rings. The summed E-state index contributed by atoms with van der Waals surface area (Å²) in [6, 6.07) is 1.39. The normalized spacial score (nSPS) is 13.6. The molecule has 152 valence electrons. The average Bonchev–Trinajstić information content (AvgIpc) is 3.52. The molecule has 28 heavy (non-hydrogen) atoms. The second-order valence-corrected chi connectivity index (χ2v) is 7.13. The maximum atomic E-state index is 15.2. The zero-order valence-electron chi connectivity index (χ0n) is 16.9. The van der Waals surface area contributed by atoms with Gasteiger partial charge in [0.25, 0.3) is 0 Å². The first-order valence-corrected chi connectivity index (χ1v) is 9.76. The fourth-order valence-corrected chi connectivity index (χ4v) is 3.70. The second kappa shape index (κ2) is 8.20. The lowest BCUT2D eigenvalue weighted by Crippen LogP contribution is -2.27. The monoisotopic (exact) mass is 390 g/mol. The van der Waals surface area contributed by atoms with Gasteiger partial charge in [0.05, 0.1) is 25.1 Å². The molecule has 1 saturated carbocycles. The number of hydrogen-bond donors (Lipinski definition) is 0. The molecular formula is C21H27FN2O4. The van der Waals surface area contributed by atoms with Gasteiger partial charge in [-0.2, -0.15) is 0 Å². The van der Waals surface area contributed by atoms with Gasteiger partial charge in [-0.15, -0.1) is 0 Å². The van der Waals surface area contributed by atoms with Crippen molar-refractivity contribution in [1.29, 1.82) is 0 Å². The number of nitrogens with zero attached hydrogens (tertiary/aromatic N) is 2. The molecule has 1 aromatic carbocycles. The molecule has 7 heteroatoms. The van der Waals surface area contributed by atoms with Crippen LogP contribution in [0, 0.1) is 5.82 Å². The SMILES string of the molecule is CCCN(CCC)c1c(F)cc2c(=O)c(C(=O)OC)cn(C3CC3)c2c1OC. The van der Waals surface area contributed by atoms with Gasteiger partial charge in [0, 0.05) is 25.3 Å². The highest BCUT2D eigenvalue weighted by Gasteiger charge is 2.31. The van der Waals surface area contributed by atoms with E-state index in [2.05, 4.69) is 0 Å². The molecule has 0 bridgehead atoms. The van der Waals surface area contributed by atoms with Crippen LogP contribution in [0.2, 0.25) is 0 Å². The van der Waals surface area contributed by atoms with Crippen molar-refractivity contribution in [2.75, 3.05) is 32.2 Å². The van der Waals surface area contributed by atoms with Crippen LogP contribution >= 0.6 is 0 Å². The van der Waals surface area contributed by atoms with E-state index in [4.69, 9.17) is 9.47 Å². The van der Waals surface area contributed by atoms with Crippen LogP contribution in [0.4, 0.5) is 10.1 Å². The minimum Gasteiger partial charge on any atom is -0.492 e. The highest BCUT2D eigenvalue weighted by Crippen LogP contribution is 2.43. The number of esters is 1. The van der Waals surface area contributed by atoms with Crippen LogP contribution in [0.15, 0.2) is 17.1 Å². The molecule has 1 fully saturated rings. The Morgan fingerprint density at radius 2 is 1.89 bits per heavy atom. The fraction of sp³-hybridized carbons (Fsp3) is 0.524. The number of halogens is 1. The summed E-state index contributed by atoms with van der Waals surface area (Å²) in [5, 5.41) is 0.140. The summed E-state index contributed by atoms with van der Waals surface area (Å²) in [4.78, 5) is 27.0. The van der Waals surface area contributed by atoms with Crippen molar-refractivity contribution in [3.8, 4) is 5.75 Å². The van der Waals surface area contributed by atoms with Crippen molar-refractivity contribution in [2.24, 2.45) is 0 Å². The van der Waals surface area contributed by atoms with E-state index in [1.807, 2.05) is 23.3 Å². The summed E-state index contributed by atoms with van der Waals surface area (Å²) in [7, 11) is 2.72. The Labute approximate surface area is 163 Å². The number of hydrogen-bond acceptors (Lipinski definition) is 5. The van der Waals surface area contributed by atoms with Gasteiger partial charge in [0.1, 0.15) is 11.3 Å². The van der Waals surface area contributed by atoms with E-state index in [0.29, 0.717) is 30.0 Å². The molecule has 0 aliphatic heterocycles. The molecule has 1 heterocycles. The summed E-state index contributed by atoms with van der Waals surface area (Å²) in [6.07, 6.45) is 5.11. The predicted molar refractivity (Wildman–Crippen MR) is 107 cm³/mol. The van der Waals surface area contributed by atoms with E-state index in [0.717, 1.165) is 25.7 Å². The molecule has 0 saturated heterocycles. The number of benzene rings is 1. The maximum absolute atomic E-state index is 15.2. The van der Waals surface area contributed by atoms with Crippen molar-refractivity contribution in [3.05, 3.63) is 33.9 Å². The third-order valence-electron chi connectivity index (χ3n) is 5.05. The summed E-state index contributed by atoms with van der Waals surface area (Å²) in [5.74, 6) is -0.895. The number of methoxy groups -OCH3 is 2. The lowest BCUT2D eigenvalue weighted by Gasteiger charge is -2.27. The Hall–Kier alpha value is -2.57. The van der Waals surface area contributed by atoms with E-state index in [1.165, 1.54) is 26.5 Å². The number of carbonyl (C=O) groups excluding carboxylic acids is 1. The molecule has 1 aliphatic carbocycles. The van der Waals surface area contributed by atoms with E-state index >= 15 is 4.39 Å². The first-order valence-electron chi connectivity index (χ1n) is 9.76. The quantitative estimate of drug-likeness (QED) is 0.640. The Balaban J connectivity index is 2.38. The van der Waals surface area contributed by atoms with Crippen molar-refractivity contribution < 1.29 is 18.7 Å². The molecule has 0 amide bonds. The summed E-state index contributed by atoms with van der Waals surface area (Å²) >= 11 is 0. The Bertz CT molecular complexity index is 944. The Morgan fingerprint density at radius 3 is 2.39 bits per heavy atom. The zero-order valence-corrected chi connectivity index (χ0v) is 16.9. The van der Waals surface area contributed by atoms with Crippen LogP contribution in [-0.4, -0.2) is 37.8 Å². The predicted octanol–water partition coefficient (Wildman–Crippen LogP) is 3.90. The summed E-state index contributed by atoms with van der Waals surface area (Å²) < 4.78 is 27.5. The van der Waals surface area contributed by atoms with Gasteiger partial charge in [-0.3, -0.25) is 4.79 Å². The number of carbonyl (C=O) groups is 1. The molecule has 0 radical (unpaired) electrons. The number of pyridine rings is 1. The molecule has 1 aromatic heterocycles. The first kappa shape index (κ1) is 20.2. The van der Waals surface area contributed by atoms with Crippen LogP contribution in [0.25, 0.3) is 10.9 Å². The molecule has 0 N–H and O–H groups in total. The Morgan fingerprint density at radius 1 is 1.25 bits per heavy atom. The topological polar surface area (TPSA) is 60.8 Å². The van der Waals surface area contributed by atoms with Crippen molar-refractivity contribution in [2.45, 2.75) is 45.6 Å². The van der Waals surface area contributed by atoms with Gasteiger partial charge < -0.3 is 18.9 Å². The molecule has 0 atom stereocenters. The van der Waals surface area contributed by atoms with Gasteiger partial charge in [0.15, 0.2) is 11.6 Å². The minimum atomic E-state index is -0.719. The van der Waals surface area contributed by atoms with E-state index in [-0.39, 0.29) is 17.0 Å². The van der Waals surface area contributed by atoms with Crippen LogP contribution < -0.4 is 15.1 Å². The maximum Gasteiger partial charge on any atom is 0.343 e. The second-order valence-electron chi connectivity index (χ2n) is 7.13. The molecule has 0 unspecified atom stereocenters. The van der Waals surface area contributed by atoms with Crippen LogP contribution in [0.3, 0.4) is 0 Å². The number of fused-ring (bicyclic) bond motifs is 1. The van der Waals surface area contributed by atoms with Crippen LogP contribution in [0.5, 0.6) is 5.75 Å². The third-order valence-corrected chi connectivity index (χ3v) is 5.05. The minimum absolute atomic E-state index is 0.0879. The summed E-state index contributed by atoms with van der Waals surface area (Å²) in [6.45, 7) is 5.44. The van der Waals surface area contributed by atoms with Gasteiger partial charge in [0.2, 0.25) is 5.43 Å². The highest BCUT2D eigenvalue weighted by molar-refractivity contribution is 5.97. The van der Waals surface area contributed by atoms with Gasteiger partial charge in [-0.1, -0.05) is 13.8 Å². The number of aromatic nitrogens is 1. The molecular weight excluding hydrogens is 363 g/mol. The molecule has 6 nitrogen and oxygen atoms in total. The number of ether oxygens (including phenoxy) is 2. The number of anilines is 1. The average molecular weight is 390 g/mol. The first-order chi connectivity index (χ1) is 13.5.